The first kappa shape index (κ1) is 13.9. The molecule has 0 atom stereocenters. The van der Waals surface area contributed by atoms with Crippen LogP contribution >= 0.6 is 0 Å². The van der Waals surface area contributed by atoms with Crippen LogP contribution in [0.4, 0.5) is 5.69 Å². The topological polar surface area (TPSA) is 12.5 Å². The van der Waals surface area contributed by atoms with Crippen molar-refractivity contribution in [3.05, 3.63) is 23.8 Å². The molecular formula is C15H25NO. The molecule has 0 aromatic heterocycles. The molecule has 0 heterocycles. The number of methoxy groups -OCH3 is 1. The summed E-state index contributed by atoms with van der Waals surface area (Å²) in [7, 11) is 5.88. The van der Waals surface area contributed by atoms with Crippen LogP contribution in [0.3, 0.4) is 0 Å². The molecule has 0 aliphatic rings. The Morgan fingerprint density at radius 3 is 2.35 bits per heavy atom. The number of nitrogens with zero attached hydrogens (tertiary/aromatic N) is 1. The SMILES string of the molecule is CCCC(C)(C)c1cc(N(C)C)ccc1OC. The molecule has 0 radical (unpaired) electrons. The van der Waals surface area contributed by atoms with E-state index in [9.17, 15) is 0 Å². The Kier molecular flexibility index (Phi) is 4.44. The van der Waals surface area contributed by atoms with Gasteiger partial charge in [-0.05, 0) is 30.0 Å². The third-order valence-electron chi connectivity index (χ3n) is 3.30. The molecule has 17 heavy (non-hydrogen) atoms. The highest BCUT2D eigenvalue weighted by Gasteiger charge is 2.24. The van der Waals surface area contributed by atoms with Gasteiger partial charge >= 0.3 is 0 Å². The average molecular weight is 235 g/mol. The maximum Gasteiger partial charge on any atom is 0.122 e. The van der Waals surface area contributed by atoms with Crippen molar-refractivity contribution < 1.29 is 4.74 Å². The molecule has 0 saturated heterocycles. The van der Waals surface area contributed by atoms with Crippen molar-refractivity contribution in [2.45, 2.75) is 39.0 Å². The molecule has 0 N–H and O–H groups in total. The summed E-state index contributed by atoms with van der Waals surface area (Å²) in [6, 6.07) is 6.42. The molecule has 0 fully saturated rings. The van der Waals surface area contributed by atoms with Gasteiger partial charge in [0.25, 0.3) is 0 Å². The molecule has 0 bridgehead atoms. The highest BCUT2D eigenvalue weighted by molar-refractivity contribution is 5.54. The summed E-state index contributed by atoms with van der Waals surface area (Å²) in [5, 5.41) is 0. The first-order valence-electron chi connectivity index (χ1n) is 6.28. The van der Waals surface area contributed by atoms with E-state index in [2.05, 4.69) is 58.0 Å². The Balaban J connectivity index is 3.22. The Hall–Kier alpha value is -1.18. The molecule has 2 heteroatoms. The van der Waals surface area contributed by atoms with Crippen LogP contribution in [0.15, 0.2) is 18.2 Å². The van der Waals surface area contributed by atoms with Crippen molar-refractivity contribution in [1.29, 1.82) is 0 Å². The summed E-state index contributed by atoms with van der Waals surface area (Å²) in [6.45, 7) is 6.80. The highest BCUT2D eigenvalue weighted by Crippen LogP contribution is 2.37. The summed E-state index contributed by atoms with van der Waals surface area (Å²) in [6.07, 6.45) is 2.35. The molecule has 0 saturated carbocycles. The monoisotopic (exact) mass is 235 g/mol. The minimum atomic E-state index is 0.159. The minimum absolute atomic E-state index is 0.159. The van der Waals surface area contributed by atoms with Crippen LogP contribution in [-0.4, -0.2) is 21.2 Å². The number of ether oxygens (including phenoxy) is 1. The lowest BCUT2D eigenvalue weighted by molar-refractivity contribution is 0.384. The number of anilines is 1. The molecule has 1 aromatic rings. The Labute approximate surface area is 106 Å². The molecule has 0 spiro atoms. The first-order chi connectivity index (χ1) is 7.92. The highest BCUT2D eigenvalue weighted by atomic mass is 16.5. The fraction of sp³-hybridized carbons (Fsp3) is 0.600. The lowest BCUT2D eigenvalue weighted by atomic mass is 9.80. The predicted octanol–water partition coefficient (Wildman–Crippen LogP) is 3.84. The van der Waals surface area contributed by atoms with Gasteiger partial charge in [-0.3, -0.25) is 0 Å². The third kappa shape index (κ3) is 3.15. The van der Waals surface area contributed by atoms with Gasteiger partial charge in [0, 0.05) is 25.3 Å². The van der Waals surface area contributed by atoms with Crippen LogP contribution in [0.25, 0.3) is 0 Å². The normalized spacial score (nSPS) is 11.4. The maximum atomic E-state index is 5.49. The van der Waals surface area contributed by atoms with Crippen LogP contribution in [0.1, 0.15) is 39.2 Å². The van der Waals surface area contributed by atoms with Gasteiger partial charge in [0.05, 0.1) is 7.11 Å². The summed E-state index contributed by atoms with van der Waals surface area (Å²) in [4.78, 5) is 2.13. The Morgan fingerprint density at radius 2 is 1.88 bits per heavy atom. The van der Waals surface area contributed by atoms with Crippen LogP contribution in [0.2, 0.25) is 0 Å². The van der Waals surface area contributed by atoms with Gasteiger partial charge in [0.15, 0.2) is 0 Å². The zero-order valence-corrected chi connectivity index (χ0v) is 12.0. The summed E-state index contributed by atoms with van der Waals surface area (Å²) >= 11 is 0. The lowest BCUT2D eigenvalue weighted by Gasteiger charge is -2.28. The third-order valence-corrected chi connectivity index (χ3v) is 3.30. The average Bonchev–Trinajstić information content (AvgIpc) is 2.28. The van der Waals surface area contributed by atoms with Gasteiger partial charge in [-0.2, -0.15) is 0 Å². The van der Waals surface area contributed by atoms with Crippen molar-refractivity contribution in [2.75, 3.05) is 26.1 Å². The number of hydrogen-bond acceptors (Lipinski definition) is 2. The predicted molar refractivity (Wildman–Crippen MR) is 75.3 cm³/mol. The van der Waals surface area contributed by atoms with Crippen molar-refractivity contribution >= 4 is 5.69 Å². The van der Waals surface area contributed by atoms with Crippen LogP contribution in [0.5, 0.6) is 5.75 Å². The molecule has 0 aliphatic carbocycles. The molecule has 96 valence electrons. The van der Waals surface area contributed by atoms with Gasteiger partial charge in [-0.1, -0.05) is 27.2 Å². The number of hydrogen-bond donors (Lipinski definition) is 0. The zero-order valence-electron chi connectivity index (χ0n) is 12.0. The van der Waals surface area contributed by atoms with E-state index in [-0.39, 0.29) is 5.41 Å². The van der Waals surface area contributed by atoms with Crippen LogP contribution in [-0.2, 0) is 5.41 Å². The summed E-state index contributed by atoms with van der Waals surface area (Å²) < 4.78 is 5.49. The largest absolute Gasteiger partial charge is 0.496 e. The lowest BCUT2D eigenvalue weighted by Crippen LogP contribution is -2.19. The van der Waals surface area contributed by atoms with Crippen molar-refractivity contribution in [3.8, 4) is 5.75 Å². The van der Waals surface area contributed by atoms with E-state index in [1.165, 1.54) is 24.1 Å². The molecule has 1 aromatic carbocycles. The van der Waals surface area contributed by atoms with Gasteiger partial charge in [-0.15, -0.1) is 0 Å². The zero-order chi connectivity index (χ0) is 13.1. The van der Waals surface area contributed by atoms with E-state index >= 15 is 0 Å². The second-order valence-corrected chi connectivity index (χ2v) is 5.41. The second-order valence-electron chi connectivity index (χ2n) is 5.41. The van der Waals surface area contributed by atoms with E-state index in [0.717, 1.165) is 5.75 Å². The molecule has 1 rings (SSSR count). The standard InChI is InChI=1S/C15H25NO/c1-7-10-15(2,3)13-11-12(16(4)5)8-9-14(13)17-6/h8-9,11H,7,10H2,1-6H3. The molecule has 0 amide bonds. The summed E-state index contributed by atoms with van der Waals surface area (Å²) in [5.74, 6) is 0.994. The van der Waals surface area contributed by atoms with E-state index in [4.69, 9.17) is 4.74 Å². The van der Waals surface area contributed by atoms with Crippen molar-refractivity contribution in [1.82, 2.24) is 0 Å². The fourth-order valence-corrected chi connectivity index (χ4v) is 2.26. The van der Waals surface area contributed by atoms with Crippen molar-refractivity contribution in [2.24, 2.45) is 0 Å². The molecule has 2 nitrogen and oxygen atoms in total. The minimum Gasteiger partial charge on any atom is -0.496 e. The maximum absolute atomic E-state index is 5.49. The first-order valence-corrected chi connectivity index (χ1v) is 6.28. The van der Waals surface area contributed by atoms with Gasteiger partial charge in [0.1, 0.15) is 5.75 Å². The van der Waals surface area contributed by atoms with E-state index < -0.39 is 0 Å². The fourth-order valence-electron chi connectivity index (χ4n) is 2.26. The molecule has 0 unspecified atom stereocenters. The summed E-state index contributed by atoms with van der Waals surface area (Å²) in [5.41, 5.74) is 2.68. The van der Waals surface area contributed by atoms with Gasteiger partial charge < -0.3 is 9.64 Å². The smallest absolute Gasteiger partial charge is 0.122 e. The van der Waals surface area contributed by atoms with E-state index in [1.54, 1.807) is 7.11 Å². The second kappa shape index (κ2) is 5.44. The number of rotatable bonds is 5. The van der Waals surface area contributed by atoms with Crippen LogP contribution in [0, 0.1) is 0 Å². The van der Waals surface area contributed by atoms with E-state index in [1.807, 2.05) is 0 Å². The van der Waals surface area contributed by atoms with Gasteiger partial charge in [-0.25, -0.2) is 0 Å². The van der Waals surface area contributed by atoms with Crippen LogP contribution < -0.4 is 9.64 Å². The Bertz CT molecular complexity index is 369. The van der Waals surface area contributed by atoms with E-state index in [0.29, 0.717) is 0 Å². The quantitative estimate of drug-likeness (QED) is 0.769. The van der Waals surface area contributed by atoms with Crippen molar-refractivity contribution in [3.63, 3.8) is 0 Å². The molecule has 0 aliphatic heterocycles. The number of benzene rings is 1. The van der Waals surface area contributed by atoms with Gasteiger partial charge in [0.2, 0.25) is 0 Å². The Morgan fingerprint density at radius 1 is 1.24 bits per heavy atom. The molecular weight excluding hydrogens is 210 g/mol.